The molecule has 0 unspecified atom stereocenters. The fourth-order valence-electron chi connectivity index (χ4n) is 3.34. The molecule has 1 atom stereocenters. The van der Waals surface area contributed by atoms with Crippen LogP contribution in [-0.2, 0) is 29.0 Å². The van der Waals surface area contributed by atoms with E-state index in [2.05, 4.69) is 46.0 Å². The van der Waals surface area contributed by atoms with Crippen molar-refractivity contribution < 1.29 is 9.53 Å². The molecule has 3 rings (SSSR count). The average molecular weight is 359 g/mol. The number of hydrogen-bond acceptors (Lipinski definition) is 4. The van der Waals surface area contributed by atoms with Gasteiger partial charge in [-0.05, 0) is 46.9 Å². The van der Waals surface area contributed by atoms with Crippen molar-refractivity contribution in [3.63, 3.8) is 0 Å². The highest BCUT2D eigenvalue weighted by Crippen LogP contribution is 2.21. The number of carbonyl (C=O) groups is 1. The maximum absolute atomic E-state index is 13.1. The molecule has 0 aliphatic carbocycles. The van der Waals surface area contributed by atoms with Crippen LogP contribution in [0.15, 0.2) is 41.1 Å². The summed E-state index contributed by atoms with van der Waals surface area (Å²) in [5, 5.41) is 4.16. The van der Waals surface area contributed by atoms with Gasteiger partial charge in [0.25, 0.3) is 0 Å². The van der Waals surface area contributed by atoms with E-state index in [-0.39, 0.29) is 11.9 Å². The van der Waals surface area contributed by atoms with Crippen LogP contribution in [0.25, 0.3) is 0 Å². The smallest absolute Gasteiger partial charge is 0.240 e. The second kappa shape index (κ2) is 8.61. The second-order valence-electron chi connectivity index (χ2n) is 6.55. The summed E-state index contributed by atoms with van der Waals surface area (Å²) in [5.74, 6) is 0.183. The van der Waals surface area contributed by atoms with Gasteiger partial charge in [-0.1, -0.05) is 24.3 Å². The van der Waals surface area contributed by atoms with E-state index < -0.39 is 0 Å². The molecule has 0 spiro atoms. The molecule has 1 aromatic heterocycles. The SMILES string of the molecule is COCCN(Cc1ccsc1)C(=O)[C@H](C)N1CCc2ccccc2C1. The van der Waals surface area contributed by atoms with Gasteiger partial charge in [-0.25, -0.2) is 0 Å². The number of ether oxygens (including phenoxy) is 1. The van der Waals surface area contributed by atoms with E-state index in [9.17, 15) is 4.79 Å². The van der Waals surface area contributed by atoms with Crippen molar-refractivity contribution >= 4 is 17.2 Å². The number of thiophene rings is 1. The van der Waals surface area contributed by atoms with Crippen LogP contribution in [0.4, 0.5) is 0 Å². The third kappa shape index (κ3) is 4.48. The lowest BCUT2D eigenvalue weighted by Crippen LogP contribution is -2.49. The Hall–Kier alpha value is -1.69. The molecular formula is C20H26N2O2S. The Morgan fingerprint density at radius 1 is 1.32 bits per heavy atom. The topological polar surface area (TPSA) is 32.8 Å². The van der Waals surface area contributed by atoms with E-state index in [0.29, 0.717) is 19.7 Å². The molecule has 0 saturated carbocycles. The van der Waals surface area contributed by atoms with Crippen LogP contribution in [0.3, 0.4) is 0 Å². The molecule has 1 aliphatic rings. The number of carbonyl (C=O) groups excluding carboxylic acids is 1. The van der Waals surface area contributed by atoms with Gasteiger partial charge >= 0.3 is 0 Å². The molecule has 1 amide bonds. The van der Waals surface area contributed by atoms with Crippen molar-refractivity contribution in [2.75, 3.05) is 26.8 Å². The van der Waals surface area contributed by atoms with E-state index in [1.807, 2.05) is 11.8 Å². The van der Waals surface area contributed by atoms with Gasteiger partial charge in [0.1, 0.15) is 0 Å². The molecule has 134 valence electrons. The van der Waals surface area contributed by atoms with Crippen LogP contribution in [0, 0.1) is 0 Å². The molecular weight excluding hydrogens is 332 g/mol. The van der Waals surface area contributed by atoms with Crippen molar-refractivity contribution in [2.45, 2.75) is 32.5 Å². The van der Waals surface area contributed by atoms with Crippen LogP contribution in [0.5, 0.6) is 0 Å². The molecule has 4 nitrogen and oxygen atoms in total. The van der Waals surface area contributed by atoms with Crippen LogP contribution in [0.2, 0.25) is 0 Å². The highest BCUT2D eigenvalue weighted by atomic mass is 32.1. The van der Waals surface area contributed by atoms with E-state index in [1.165, 1.54) is 16.7 Å². The Bertz CT molecular complexity index is 687. The minimum absolute atomic E-state index is 0.121. The van der Waals surface area contributed by atoms with Crippen LogP contribution in [0.1, 0.15) is 23.6 Å². The first kappa shape index (κ1) is 18.1. The number of rotatable bonds is 7. The lowest BCUT2D eigenvalue weighted by Gasteiger charge is -2.35. The predicted molar refractivity (Wildman–Crippen MR) is 102 cm³/mol. The average Bonchev–Trinajstić information content (AvgIpc) is 3.16. The number of methoxy groups -OCH3 is 1. The highest BCUT2D eigenvalue weighted by Gasteiger charge is 2.28. The molecule has 0 radical (unpaired) electrons. The van der Waals surface area contributed by atoms with Gasteiger partial charge in [0.2, 0.25) is 5.91 Å². The van der Waals surface area contributed by atoms with E-state index in [0.717, 1.165) is 19.5 Å². The third-order valence-corrected chi connectivity index (χ3v) is 5.63. The minimum Gasteiger partial charge on any atom is -0.383 e. The summed E-state index contributed by atoms with van der Waals surface area (Å²) in [6.07, 6.45) is 1.01. The third-order valence-electron chi connectivity index (χ3n) is 4.90. The van der Waals surface area contributed by atoms with Crippen LogP contribution < -0.4 is 0 Å². The first-order chi connectivity index (χ1) is 12.2. The zero-order valence-electron chi connectivity index (χ0n) is 15.0. The maximum Gasteiger partial charge on any atom is 0.240 e. The summed E-state index contributed by atoms with van der Waals surface area (Å²) >= 11 is 1.67. The van der Waals surface area contributed by atoms with Crippen molar-refractivity contribution in [1.82, 2.24) is 9.80 Å². The monoisotopic (exact) mass is 358 g/mol. The molecule has 1 aromatic carbocycles. The molecule has 25 heavy (non-hydrogen) atoms. The molecule has 1 aliphatic heterocycles. The number of hydrogen-bond donors (Lipinski definition) is 0. The molecule has 0 fully saturated rings. The zero-order valence-corrected chi connectivity index (χ0v) is 15.8. The van der Waals surface area contributed by atoms with Gasteiger partial charge in [-0.2, -0.15) is 11.3 Å². The lowest BCUT2D eigenvalue weighted by atomic mass is 9.98. The van der Waals surface area contributed by atoms with Crippen molar-refractivity contribution in [2.24, 2.45) is 0 Å². The van der Waals surface area contributed by atoms with E-state index >= 15 is 0 Å². The van der Waals surface area contributed by atoms with E-state index in [4.69, 9.17) is 4.74 Å². The summed E-state index contributed by atoms with van der Waals surface area (Å²) in [5.41, 5.74) is 3.94. The maximum atomic E-state index is 13.1. The summed E-state index contributed by atoms with van der Waals surface area (Å²) in [7, 11) is 1.68. The van der Waals surface area contributed by atoms with Gasteiger partial charge in [-0.3, -0.25) is 9.69 Å². The van der Waals surface area contributed by atoms with Gasteiger partial charge in [0, 0.05) is 33.3 Å². The Labute approximate surface area is 154 Å². The van der Waals surface area contributed by atoms with Gasteiger partial charge in [0.05, 0.1) is 12.6 Å². The highest BCUT2D eigenvalue weighted by molar-refractivity contribution is 7.07. The normalized spacial score (nSPS) is 15.6. The van der Waals surface area contributed by atoms with Crippen molar-refractivity contribution in [1.29, 1.82) is 0 Å². The van der Waals surface area contributed by atoms with Crippen molar-refractivity contribution in [3.8, 4) is 0 Å². The van der Waals surface area contributed by atoms with Gasteiger partial charge in [0.15, 0.2) is 0 Å². The second-order valence-corrected chi connectivity index (χ2v) is 7.33. The fourth-order valence-corrected chi connectivity index (χ4v) is 4.00. The standard InChI is InChI=1S/C20H26N2O2S/c1-16(21-9-7-18-5-3-4-6-19(18)14-21)20(23)22(10-11-24-2)13-17-8-12-25-15-17/h3-6,8,12,15-16H,7,9-11,13-14H2,1-2H3/t16-/m0/s1. The van der Waals surface area contributed by atoms with Gasteiger partial charge < -0.3 is 9.64 Å². The Morgan fingerprint density at radius 2 is 2.12 bits per heavy atom. The summed E-state index contributed by atoms with van der Waals surface area (Å²) in [6, 6.07) is 10.5. The molecule has 5 heteroatoms. The Kier molecular flexibility index (Phi) is 6.24. The quantitative estimate of drug-likeness (QED) is 0.762. The first-order valence-corrected chi connectivity index (χ1v) is 9.73. The van der Waals surface area contributed by atoms with E-state index in [1.54, 1.807) is 18.4 Å². The minimum atomic E-state index is -0.121. The summed E-state index contributed by atoms with van der Waals surface area (Å²) in [6.45, 7) is 5.65. The number of nitrogens with zero attached hydrogens (tertiary/aromatic N) is 2. The Morgan fingerprint density at radius 3 is 2.84 bits per heavy atom. The van der Waals surface area contributed by atoms with Gasteiger partial charge in [-0.15, -0.1) is 0 Å². The summed E-state index contributed by atoms with van der Waals surface area (Å²) in [4.78, 5) is 17.3. The molecule has 0 N–H and O–H groups in total. The van der Waals surface area contributed by atoms with Crippen LogP contribution >= 0.6 is 11.3 Å². The number of amides is 1. The van der Waals surface area contributed by atoms with Crippen LogP contribution in [-0.4, -0.2) is 48.6 Å². The van der Waals surface area contributed by atoms with Crippen molar-refractivity contribution in [3.05, 3.63) is 57.8 Å². The molecule has 0 saturated heterocycles. The molecule has 0 bridgehead atoms. The number of fused-ring (bicyclic) bond motifs is 1. The Balaban J connectivity index is 1.68. The fraction of sp³-hybridized carbons (Fsp3) is 0.450. The largest absolute Gasteiger partial charge is 0.383 e. The zero-order chi connectivity index (χ0) is 17.6. The molecule has 2 heterocycles. The first-order valence-electron chi connectivity index (χ1n) is 8.78. The predicted octanol–water partition coefficient (Wildman–Crippen LogP) is 3.17. The summed E-state index contributed by atoms with van der Waals surface area (Å²) < 4.78 is 5.21. The number of benzene rings is 1. The lowest BCUT2D eigenvalue weighted by molar-refractivity contribution is -0.138. The molecule has 2 aromatic rings.